The number of amides is 1. The maximum Gasteiger partial charge on any atom is 0.229 e. The van der Waals surface area contributed by atoms with E-state index < -0.39 is 0 Å². The zero-order valence-corrected chi connectivity index (χ0v) is 11.1. The van der Waals surface area contributed by atoms with E-state index in [-0.39, 0.29) is 18.1 Å². The number of ketones is 1. The quantitative estimate of drug-likeness (QED) is 0.721. The molecule has 1 aromatic carbocycles. The van der Waals surface area contributed by atoms with Crippen molar-refractivity contribution in [2.75, 3.05) is 20.7 Å². The highest BCUT2D eigenvalue weighted by molar-refractivity contribution is 5.96. The van der Waals surface area contributed by atoms with Gasteiger partial charge >= 0.3 is 0 Å². The molecule has 18 heavy (non-hydrogen) atoms. The molecule has 0 unspecified atom stereocenters. The molecule has 0 atom stereocenters. The standard InChI is InChI=1S/C14H19NO3/c1-11(16)10-14(17)15(2)9-8-12-6-4-5-7-13(12)18-3/h4-7H,8-10H2,1-3H3. The summed E-state index contributed by atoms with van der Waals surface area (Å²) in [5.74, 6) is 0.575. The molecule has 0 radical (unpaired) electrons. The molecule has 0 fully saturated rings. The molecule has 0 bridgehead atoms. The maximum absolute atomic E-state index is 11.6. The Bertz CT molecular complexity index is 429. The van der Waals surface area contributed by atoms with Crippen LogP contribution in [0.15, 0.2) is 24.3 Å². The van der Waals surface area contributed by atoms with Crippen molar-refractivity contribution in [1.82, 2.24) is 4.90 Å². The number of rotatable bonds is 6. The summed E-state index contributed by atoms with van der Waals surface area (Å²) in [7, 11) is 3.34. The van der Waals surface area contributed by atoms with Gasteiger partial charge in [-0.25, -0.2) is 0 Å². The van der Waals surface area contributed by atoms with Gasteiger partial charge in [-0.3, -0.25) is 9.59 Å². The van der Waals surface area contributed by atoms with Gasteiger partial charge in [0.2, 0.25) is 5.91 Å². The third-order valence-corrected chi connectivity index (χ3v) is 2.73. The third kappa shape index (κ3) is 4.20. The Hall–Kier alpha value is -1.84. The molecule has 0 aliphatic heterocycles. The van der Waals surface area contributed by atoms with E-state index in [0.29, 0.717) is 13.0 Å². The van der Waals surface area contributed by atoms with Gasteiger partial charge in [-0.05, 0) is 25.0 Å². The normalized spacial score (nSPS) is 9.94. The molecule has 98 valence electrons. The zero-order chi connectivity index (χ0) is 13.5. The highest BCUT2D eigenvalue weighted by Gasteiger charge is 2.11. The SMILES string of the molecule is COc1ccccc1CCN(C)C(=O)CC(C)=O. The second-order valence-corrected chi connectivity index (χ2v) is 4.26. The molecule has 0 saturated heterocycles. The number of carbonyl (C=O) groups excluding carboxylic acids is 2. The van der Waals surface area contributed by atoms with Crippen molar-refractivity contribution in [3.05, 3.63) is 29.8 Å². The van der Waals surface area contributed by atoms with Gasteiger partial charge < -0.3 is 9.64 Å². The average Bonchev–Trinajstić information content (AvgIpc) is 2.35. The van der Waals surface area contributed by atoms with Gasteiger partial charge in [0.25, 0.3) is 0 Å². The number of ether oxygens (including phenoxy) is 1. The summed E-state index contributed by atoms with van der Waals surface area (Å²) < 4.78 is 5.25. The number of methoxy groups -OCH3 is 1. The van der Waals surface area contributed by atoms with Crippen LogP contribution in [0, 0.1) is 0 Å². The Kier molecular flexibility index (Phi) is 5.36. The van der Waals surface area contributed by atoms with E-state index in [9.17, 15) is 9.59 Å². The number of Topliss-reactive ketones (excluding diaryl/α,β-unsaturated/α-hetero) is 1. The first kappa shape index (κ1) is 14.2. The van der Waals surface area contributed by atoms with E-state index in [1.165, 1.54) is 6.92 Å². The molecule has 0 aliphatic carbocycles. The smallest absolute Gasteiger partial charge is 0.229 e. The Balaban J connectivity index is 2.54. The van der Waals surface area contributed by atoms with Crippen LogP contribution in [-0.4, -0.2) is 37.3 Å². The lowest BCUT2D eigenvalue weighted by molar-refractivity contribution is -0.133. The number of hydrogen-bond acceptors (Lipinski definition) is 3. The summed E-state index contributed by atoms with van der Waals surface area (Å²) in [6.45, 7) is 2.00. The number of para-hydroxylation sites is 1. The average molecular weight is 249 g/mol. The van der Waals surface area contributed by atoms with Crippen molar-refractivity contribution in [2.45, 2.75) is 19.8 Å². The molecule has 0 heterocycles. The number of benzene rings is 1. The van der Waals surface area contributed by atoms with Crippen LogP contribution >= 0.6 is 0 Å². The predicted molar refractivity (Wildman–Crippen MR) is 69.6 cm³/mol. The first-order chi connectivity index (χ1) is 8.54. The minimum atomic E-state index is -0.141. The van der Waals surface area contributed by atoms with E-state index in [0.717, 1.165) is 11.3 Å². The molecule has 4 heteroatoms. The largest absolute Gasteiger partial charge is 0.496 e. The first-order valence-electron chi connectivity index (χ1n) is 5.90. The minimum absolute atomic E-state index is 0.0254. The molecule has 1 amide bonds. The monoisotopic (exact) mass is 249 g/mol. The van der Waals surface area contributed by atoms with Gasteiger partial charge in [0.15, 0.2) is 0 Å². The fraction of sp³-hybridized carbons (Fsp3) is 0.429. The second-order valence-electron chi connectivity index (χ2n) is 4.26. The lowest BCUT2D eigenvalue weighted by Crippen LogP contribution is -2.30. The van der Waals surface area contributed by atoms with Crippen LogP contribution in [0.2, 0.25) is 0 Å². The number of likely N-dealkylation sites (N-methyl/N-ethyl adjacent to an activating group) is 1. The lowest BCUT2D eigenvalue weighted by Gasteiger charge is -2.17. The van der Waals surface area contributed by atoms with Crippen LogP contribution in [-0.2, 0) is 16.0 Å². The van der Waals surface area contributed by atoms with Crippen molar-refractivity contribution in [2.24, 2.45) is 0 Å². The highest BCUT2D eigenvalue weighted by Crippen LogP contribution is 2.17. The first-order valence-corrected chi connectivity index (χ1v) is 5.90. The van der Waals surface area contributed by atoms with Crippen molar-refractivity contribution in [3.63, 3.8) is 0 Å². The molecule has 0 aliphatic rings. The number of carbonyl (C=O) groups is 2. The lowest BCUT2D eigenvalue weighted by atomic mass is 10.1. The predicted octanol–water partition coefficient (Wildman–Crippen LogP) is 1.68. The third-order valence-electron chi connectivity index (χ3n) is 2.73. The van der Waals surface area contributed by atoms with Crippen molar-refractivity contribution < 1.29 is 14.3 Å². The fourth-order valence-corrected chi connectivity index (χ4v) is 1.67. The van der Waals surface area contributed by atoms with Crippen LogP contribution in [0.1, 0.15) is 18.9 Å². The van der Waals surface area contributed by atoms with Crippen LogP contribution in [0.5, 0.6) is 5.75 Å². The molecule has 0 aromatic heterocycles. The zero-order valence-electron chi connectivity index (χ0n) is 11.1. The van der Waals surface area contributed by atoms with E-state index in [4.69, 9.17) is 4.74 Å². The van der Waals surface area contributed by atoms with Gasteiger partial charge in [-0.15, -0.1) is 0 Å². The summed E-state index contributed by atoms with van der Waals surface area (Å²) in [4.78, 5) is 24.0. The molecule has 0 spiro atoms. The fourth-order valence-electron chi connectivity index (χ4n) is 1.67. The molecule has 4 nitrogen and oxygen atoms in total. The Morgan fingerprint density at radius 1 is 1.28 bits per heavy atom. The van der Waals surface area contributed by atoms with Gasteiger partial charge in [0, 0.05) is 13.6 Å². The van der Waals surface area contributed by atoms with Crippen LogP contribution in [0.3, 0.4) is 0 Å². The topological polar surface area (TPSA) is 46.6 Å². The summed E-state index contributed by atoms with van der Waals surface area (Å²) in [5.41, 5.74) is 1.06. The van der Waals surface area contributed by atoms with Gasteiger partial charge in [-0.1, -0.05) is 18.2 Å². The van der Waals surface area contributed by atoms with Crippen LogP contribution < -0.4 is 4.74 Å². The van der Waals surface area contributed by atoms with Crippen molar-refractivity contribution in [1.29, 1.82) is 0 Å². The number of nitrogens with zero attached hydrogens (tertiary/aromatic N) is 1. The molecule has 0 N–H and O–H groups in total. The van der Waals surface area contributed by atoms with E-state index in [1.54, 1.807) is 19.1 Å². The second kappa shape index (κ2) is 6.79. The summed E-state index contributed by atoms with van der Waals surface area (Å²) in [5, 5.41) is 0. The molecular formula is C14H19NO3. The van der Waals surface area contributed by atoms with Gasteiger partial charge in [0.05, 0.1) is 13.5 Å². The van der Waals surface area contributed by atoms with Crippen LogP contribution in [0.25, 0.3) is 0 Å². The molecule has 1 rings (SSSR count). The van der Waals surface area contributed by atoms with Crippen LogP contribution in [0.4, 0.5) is 0 Å². The van der Waals surface area contributed by atoms with Gasteiger partial charge in [0.1, 0.15) is 11.5 Å². The Morgan fingerprint density at radius 3 is 2.56 bits per heavy atom. The molecule has 0 saturated carbocycles. The van der Waals surface area contributed by atoms with Gasteiger partial charge in [-0.2, -0.15) is 0 Å². The minimum Gasteiger partial charge on any atom is -0.496 e. The molecule has 1 aromatic rings. The maximum atomic E-state index is 11.6. The Morgan fingerprint density at radius 2 is 1.94 bits per heavy atom. The van der Waals surface area contributed by atoms with Crippen molar-refractivity contribution >= 4 is 11.7 Å². The van der Waals surface area contributed by atoms with E-state index in [1.807, 2.05) is 24.3 Å². The van der Waals surface area contributed by atoms with Crippen molar-refractivity contribution in [3.8, 4) is 5.75 Å². The summed E-state index contributed by atoms with van der Waals surface area (Å²) in [6.07, 6.45) is 0.687. The van der Waals surface area contributed by atoms with E-state index >= 15 is 0 Å². The highest BCUT2D eigenvalue weighted by atomic mass is 16.5. The summed E-state index contributed by atoms with van der Waals surface area (Å²) >= 11 is 0. The number of hydrogen-bond donors (Lipinski definition) is 0. The Labute approximate surface area is 108 Å². The molecular weight excluding hydrogens is 230 g/mol. The summed E-state index contributed by atoms with van der Waals surface area (Å²) in [6, 6.07) is 7.72. The van der Waals surface area contributed by atoms with E-state index in [2.05, 4.69) is 0 Å².